The maximum Gasteiger partial charge on any atom is 0.0715 e. The molecule has 2 heteroatoms. The van der Waals surface area contributed by atoms with Gasteiger partial charge in [-0.05, 0) is 62.7 Å². The van der Waals surface area contributed by atoms with Crippen molar-refractivity contribution in [2.24, 2.45) is 0 Å². The molecule has 38 heavy (non-hydrogen) atoms. The van der Waals surface area contributed by atoms with Crippen LogP contribution in [0.1, 0.15) is 0 Å². The van der Waals surface area contributed by atoms with Crippen molar-refractivity contribution in [1.29, 1.82) is 0 Å². The summed E-state index contributed by atoms with van der Waals surface area (Å²) >= 11 is 0. The molecule has 0 fully saturated rings. The van der Waals surface area contributed by atoms with Gasteiger partial charge in [0, 0.05) is 27.7 Å². The Morgan fingerprint density at radius 2 is 1.08 bits per heavy atom. The van der Waals surface area contributed by atoms with Gasteiger partial charge in [0.05, 0.1) is 16.6 Å². The summed E-state index contributed by atoms with van der Waals surface area (Å²) in [6.07, 6.45) is 1.98. The number of para-hydroxylation sites is 1. The molecule has 0 atom stereocenters. The van der Waals surface area contributed by atoms with Crippen molar-refractivity contribution in [2.45, 2.75) is 0 Å². The first-order valence-electron chi connectivity index (χ1n) is 12.9. The fourth-order valence-corrected chi connectivity index (χ4v) is 5.93. The van der Waals surface area contributed by atoms with Crippen LogP contribution in [0.25, 0.3) is 76.5 Å². The summed E-state index contributed by atoms with van der Waals surface area (Å²) in [4.78, 5) is 9.86. The third kappa shape index (κ3) is 3.14. The lowest BCUT2D eigenvalue weighted by Crippen LogP contribution is -1.93. The molecule has 0 radical (unpaired) electrons. The van der Waals surface area contributed by atoms with E-state index in [4.69, 9.17) is 9.97 Å². The fourth-order valence-electron chi connectivity index (χ4n) is 5.93. The van der Waals surface area contributed by atoms with Crippen molar-refractivity contribution in [3.8, 4) is 22.3 Å². The second kappa shape index (κ2) is 8.22. The molecule has 2 heterocycles. The van der Waals surface area contributed by atoms with Crippen molar-refractivity contribution in [1.82, 2.24) is 9.97 Å². The van der Waals surface area contributed by atoms with Gasteiger partial charge in [0.25, 0.3) is 0 Å². The lowest BCUT2D eigenvalue weighted by molar-refractivity contribution is 1.44. The Labute approximate surface area is 219 Å². The second-order valence-corrected chi connectivity index (χ2v) is 9.81. The zero-order chi connectivity index (χ0) is 25.1. The molecule has 0 N–H and O–H groups in total. The molecule has 0 aliphatic carbocycles. The molecule has 8 aromatic rings. The van der Waals surface area contributed by atoms with E-state index in [9.17, 15) is 0 Å². The minimum absolute atomic E-state index is 1.00. The summed E-state index contributed by atoms with van der Waals surface area (Å²) in [6, 6.07) is 45.3. The summed E-state index contributed by atoms with van der Waals surface area (Å²) in [6.45, 7) is 0. The number of hydrogen-bond acceptors (Lipinski definition) is 2. The van der Waals surface area contributed by atoms with Crippen LogP contribution < -0.4 is 0 Å². The van der Waals surface area contributed by atoms with Crippen LogP contribution >= 0.6 is 0 Å². The topological polar surface area (TPSA) is 25.8 Å². The largest absolute Gasteiger partial charge is 0.256 e. The second-order valence-electron chi connectivity index (χ2n) is 9.81. The van der Waals surface area contributed by atoms with E-state index in [1.165, 1.54) is 43.8 Å². The molecule has 0 amide bonds. The molecule has 0 unspecified atom stereocenters. The average molecular weight is 483 g/mol. The Bertz CT molecular complexity index is 2190. The highest BCUT2D eigenvalue weighted by atomic mass is 14.7. The van der Waals surface area contributed by atoms with Crippen LogP contribution in [-0.2, 0) is 0 Å². The molecular weight excluding hydrogens is 460 g/mol. The molecular formula is C36H22N2. The van der Waals surface area contributed by atoms with Gasteiger partial charge in [0.1, 0.15) is 0 Å². The Morgan fingerprint density at radius 1 is 0.395 bits per heavy atom. The number of fused-ring (bicyclic) bond motifs is 6. The van der Waals surface area contributed by atoms with Gasteiger partial charge >= 0.3 is 0 Å². The maximum atomic E-state index is 5.03. The van der Waals surface area contributed by atoms with Crippen LogP contribution in [-0.4, -0.2) is 9.97 Å². The first-order valence-corrected chi connectivity index (χ1v) is 12.9. The Balaban J connectivity index is 1.54. The van der Waals surface area contributed by atoms with Gasteiger partial charge in [-0.2, -0.15) is 0 Å². The van der Waals surface area contributed by atoms with E-state index in [0.29, 0.717) is 0 Å². The molecule has 0 aliphatic heterocycles. The van der Waals surface area contributed by atoms with E-state index in [1.807, 2.05) is 12.3 Å². The van der Waals surface area contributed by atoms with Gasteiger partial charge in [0.15, 0.2) is 0 Å². The molecule has 0 bridgehead atoms. The van der Waals surface area contributed by atoms with Crippen LogP contribution in [0.3, 0.4) is 0 Å². The smallest absolute Gasteiger partial charge is 0.0715 e. The minimum atomic E-state index is 1.00. The molecule has 0 aliphatic rings. The molecule has 0 saturated carbocycles. The lowest BCUT2D eigenvalue weighted by Gasteiger charge is -2.18. The number of aromatic nitrogens is 2. The molecule has 2 nitrogen and oxygen atoms in total. The Hall–Kier alpha value is -5.08. The zero-order valence-corrected chi connectivity index (χ0v) is 20.6. The summed E-state index contributed by atoms with van der Waals surface area (Å²) in [5, 5.41) is 8.32. The van der Waals surface area contributed by atoms with E-state index >= 15 is 0 Å². The summed E-state index contributed by atoms with van der Waals surface area (Å²) < 4.78 is 0. The van der Waals surface area contributed by atoms with Crippen LogP contribution in [0.4, 0.5) is 0 Å². The first-order chi connectivity index (χ1) is 18.8. The van der Waals surface area contributed by atoms with E-state index < -0.39 is 0 Å². The Morgan fingerprint density at radius 3 is 1.97 bits per heavy atom. The zero-order valence-electron chi connectivity index (χ0n) is 20.6. The summed E-state index contributed by atoms with van der Waals surface area (Å²) in [7, 11) is 0. The van der Waals surface area contributed by atoms with Gasteiger partial charge in [-0.3, -0.25) is 4.98 Å². The van der Waals surface area contributed by atoms with Gasteiger partial charge < -0.3 is 0 Å². The lowest BCUT2D eigenvalue weighted by atomic mass is 9.86. The van der Waals surface area contributed by atoms with Crippen LogP contribution in [0, 0.1) is 0 Å². The molecule has 6 aromatic carbocycles. The van der Waals surface area contributed by atoms with E-state index in [-0.39, 0.29) is 0 Å². The van der Waals surface area contributed by atoms with Crippen LogP contribution in [0.15, 0.2) is 134 Å². The normalized spacial score (nSPS) is 11.7. The summed E-state index contributed by atoms with van der Waals surface area (Å²) in [5.74, 6) is 0. The quantitative estimate of drug-likeness (QED) is 0.181. The van der Waals surface area contributed by atoms with Crippen molar-refractivity contribution in [3.05, 3.63) is 134 Å². The summed E-state index contributed by atoms with van der Waals surface area (Å²) in [5.41, 5.74) is 7.84. The molecule has 0 saturated heterocycles. The number of benzene rings is 6. The SMILES string of the molecule is c1ccc2nc3cccc(-c4c(-c5cccc6ncc7ccccc7c56)ccc5ccccc45)c3cc2c1. The van der Waals surface area contributed by atoms with Crippen molar-refractivity contribution < 1.29 is 0 Å². The van der Waals surface area contributed by atoms with Crippen molar-refractivity contribution in [2.75, 3.05) is 0 Å². The highest BCUT2D eigenvalue weighted by Crippen LogP contribution is 2.44. The predicted octanol–water partition coefficient (Wildman–Crippen LogP) is 9.58. The Kier molecular flexibility index (Phi) is 4.55. The van der Waals surface area contributed by atoms with Gasteiger partial charge in [0.2, 0.25) is 0 Å². The number of nitrogens with zero attached hydrogens (tertiary/aromatic N) is 2. The van der Waals surface area contributed by atoms with E-state index in [0.717, 1.165) is 32.7 Å². The van der Waals surface area contributed by atoms with Crippen LogP contribution in [0.2, 0.25) is 0 Å². The van der Waals surface area contributed by atoms with Crippen molar-refractivity contribution >= 4 is 54.3 Å². The molecule has 8 rings (SSSR count). The maximum absolute atomic E-state index is 5.03. The number of hydrogen-bond donors (Lipinski definition) is 0. The third-order valence-corrected chi connectivity index (χ3v) is 7.66. The van der Waals surface area contributed by atoms with E-state index in [2.05, 4.69) is 121 Å². The third-order valence-electron chi connectivity index (χ3n) is 7.66. The standard InChI is InChI=1S/C36H22N2/c1-4-12-26-23(9-1)19-20-30(28-14-8-18-34-36(28)27-13-5-2-11-25(27)22-37-34)35(26)29-15-7-17-33-31(29)21-24-10-3-6-16-32(24)38-33/h1-22H. The molecule has 0 spiro atoms. The highest BCUT2D eigenvalue weighted by Gasteiger charge is 2.18. The monoisotopic (exact) mass is 482 g/mol. The first kappa shape index (κ1) is 21.0. The van der Waals surface area contributed by atoms with Gasteiger partial charge in [-0.1, -0.05) is 103 Å². The van der Waals surface area contributed by atoms with Gasteiger partial charge in [-0.25, -0.2) is 4.98 Å². The van der Waals surface area contributed by atoms with Gasteiger partial charge in [-0.15, -0.1) is 0 Å². The number of rotatable bonds is 2. The number of pyridine rings is 2. The average Bonchev–Trinajstić information content (AvgIpc) is 2.99. The predicted molar refractivity (Wildman–Crippen MR) is 160 cm³/mol. The molecule has 2 aromatic heterocycles. The van der Waals surface area contributed by atoms with E-state index in [1.54, 1.807) is 0 Å². The highest BCUT2D eigenvalue weighted by molar-refractivity contribution is 6.18. The molecule has 176 valence electrons. The van der Waals surface area contributed by atoms with Crippen molar-refractivity contribution in [3.63, 3.8) is 0 Å². The fraction of sp³-hybridized carbons (Fsp3) is 0. The van der Waals surface area contributed by atoms with Crippen LogP contribution in [0.5, 0.6) is 0 Å². The minimum Gasteiger partial charge on any atom is -0.256 e.